The molecule has 1 aromatic carbocycles. The molecule has 25 heavy (non-hydrogen) atoms. The number of rotatable bonds is 6. The third-order valence-corrected chi connectivity index (χ3v) is 6.01. The molecule has 140 valence electrons. The molecule has 0 radical (unpaired) electrons. The molecule has 1 atom stereocenters. The first-order chi connectivity index (χ1) is 12.2. The molecular weight excluding hydrogens is 310 g/mol. The quantitative estimate of drug-likeness (QED) is 0.858. The number of nitrogens with zero attached hydrogens (tertiary/aromatic N) is 3. The van der Waals surface area contributed by atoms with Crippen LogP contribution in [0.3, 0.4) is 0 Å². The van der Waals surface area contributed by atoms with Crippen molar-refractivity contribution in [2.45, 2.75) is 57.8 Å². The molecule has 0 bridgehead atoms. The average molecular weight is 346 g/mol. The topological polar surface area (TPSA) is 30.0 Å². The third kappa shape index (κ3) is 5.04. The Kier molecular flexibility index (Phi) is 6.88. The Morgan fingerprint density at radius 2 is 1.76 bits per heavy atom. The number of piperidine rings is 1. The summed E-state index contributed by atoms with van der Waals surface area (Å²) in [6.45, 7) is 11.8. The van der Waals surface area contributed by atoms with Crippen molar-refractivity contribution in [2.75, 3.05) is 39.3 Å². The molecule has 2 saturated heterocycles. The largest absolute Gasteiger partial charge is 0.396 e. The summed E-state index contributed by atoms with van der Waals surface area (Å²) in [7, 11) is 0. The van der Waals surface area contributed by atoms with Gasteiger partial charge in [-0.15, -0.1) is 0 Å². The predicted molar refractivity (Wildman–Crippen MR) is 104 cm³/mol. The zero-order chi connectivity index (χ0) is 17.6. The van der Waals surface area contributed by atoms with Crippen LogP contribution in [0.1, 0.15) is 38.7 Å². The maximum absolute atomic E-state index is 9.44. The fraction of sp³-hybridized carbons (Fsp3) is 0.714. The van der Waals surface area contributed by atoms with E-state index >= 15 is 0 Å². The van der Waals surface area contributed by atoms with Gasteiger partial charge in [-0.05, 0) is 51.8 Å². The van der Waals surface area contributed by atoms with E-state index in [4.69, 9.17) is 0 Å². The van der Waals surface area contributed by atoms with Crippen LogP contribution in [0.2, 0.25) is 0 Å². The lowest BCUT2D eigenvalue weighted by molar-refractivity contribution is 0.00244. The normalized spacial score (nSPS) is 24.9. The van der Waals surface area contributed by atoms with Gasteiger partial charge in [0.1, 0.15) is 0 Å². The Hall–Kier alpha value is -0.940. The SMILES string of the molecule is CC(C)N1CCN(C2CCN(Cc3ccccc3)CC2)C[C@H]1CCO. The fourth-order valence-corrected chi connectivity index (χ4v) is 4.60. The van der Waals surface area contributed by atoms with Crippen LogP contribution in [0.15, 0.2) is 30.3 Å². The summed E-state index contributed by atoms with van der Waals surface area (Å²) in [6.07, 6.45) is 3.46. The smallest absolute Gasteiger partial charge is 0.0446 e. The zero-order valence-corrected chi connectivity index (χ0v) is 16.0. The van der Waals surface area contributed by atoms with Crippen molar-refractivity contribution in [3.8, 4) is 0 Å². The summed E-state index contributed by atoms with van der Waals surface area (Å²) in [5.41, 5.74) is 1.43. The Morgan fingerprint density at radius 1 is 1.04 bits per heavy atom. The van der Waals surface area contributed by atoms with Gasteiger partial charge < -0.3 is 5.11 Å². The van der Waals surface area contributed by atoms with E-state index in [0.717, 1.165) is 32.1 Å². The number of piperazine rings is 1. The molecule has 4 heteroatoms. The van der Waals surface area contributed by atoms with Gasteiger partial charge in [-0.2, -0.15) is 0 Å². The number of aliphatic hydroxyl groups is 1. The van der Waals surface area contributed by atoms with Crippen LogP contribution < -0.4 is 0 Å². The number of hydrogen-bond acceptors (Lipinski definition) is 4. The van der Waals surface area contributed by atoms with Crippen molar-refractivity contribution < 1.29 is 5.11 Å². The Labute approximate surface area is 153 Å². The molecule has 2 aliphatic heterocycles. The monoisotopic (exact) mass is 345 g/mol. The molecule has 1 N–H and O–H groups in total. The molecule has 3 rings (SSSR count). The Balaban J connectivity index is 1.49. The van der Waals surface area contributed by atoms with Gasteiger partial charge in [0.15, 0.2) is 0 Å². The third-order valence-electron chi connectivity index (χ3n) is 6.01. The van der Waals surface area contributed by atoms with Crippen LogP contribution in [-0.2, 0) is 6.54 Å². The first-order valence-corrected chi connectivity index (χ1v) is 10.0. The van der Waals surface area contributed by atoms with E-state index in [2.05, 4.69) is 58.9 Å². The molecule has 0 aromatic heterocycles. The van der Waals surface area contributed by atoms with Gasteiger partial charge in [0.05, 0.1) is 0 Å². The number of aliphatic hydroxyl groups excluding tert-OH is 1. The van der Waals surface area contributed by atoms with E-state index in [1.54, 1.807) is 0 Å². The maximum atomic E-state index is 9.44. The van der Waals surface area contributed by atoms with Crippen molar-refractivity contribution in [3.63, 3.8) is 0 Å². The molecule has 0 unspecified atom stereocenters. The molecule has 2 fully saturated rings. The fourth-order valence-electron chi connectivity index (χ4n) is 4.60. The van der Waals surface area contributed by atoms with Crippen LogP contribution in [0.25, 0.3) is 0 Å². The molecule has 0 spiro atoms. The molecule has 0 amide bonds. The van der Waals surface area contributed by atoms with Gasteiger partial charge in [-0.3, -0.25) is 14.7 Å². The predicted octanol–water partition coefficient (Wildman–Crippen LogP) is 2.43. The lowest BCUT2D eigenvalue weighted by Gasteiger charge is -2.48. The van der Waals surface area contributed by atoms with Crippen LogP contribution in [0.5, 0.6) is 0 Å². The van der Waals surface area contributed by atoms with Crippen molar-refractivity contribution in [3.05, 3.63) is 35.9 Å². The molecule has 1 aromatic rings. The van der Waals surface area contributed by atoms with Crippen LogP contribution in [-0.4, -0.2) is 77.3 Å². The summed E-state index contributed by atoms with van der Waals surface area (Å²) >= 11 is 0. The van der Waals surface area contributed by atoms with Gasteiger partial charge in [-0.1, -0.05) is 30.3 Å². The second kappa shape index (κ2) is 9.13. The van der Waals surface area contributed by atoms with Gasteiger partial charge in [0, 0.05) is 50.9 Å². The van der Waals surface area contributed by atoms with Crippen molar-refractivity contribution in [1.29, 1.82) is 0 Å². The van der Waals surface area contributed by atoms with E-state index in [1.165, 1.54) is 38.0 Å². The summed E-state index contributed by atoms with van der Waals surface area (Å²) in [5.74, 6) is 0. The van der Waals surface area contributed by atoms with Gasteiger partial charge in [0.25, 0.3) is 0 Å². The van der Waals surface area contributed by atoms with Crippen molar-refractivity contribution in [2.24, 2.45) is 0 Å². The highest BCUT2D eigenvalue weighted by molar-refractivity contribution is 5.14. The molecule has 2 aliphatic rings. The molecule has 2 heterocycles. The second-order valence-corrected chi connectivity index (χ2v) is 7.99. The summed E-state index contributed by atoms with van der Waals surface area (Å²) in [4.78, 5) is 7.89. The van der Waals surface area contributed by atoms with Gasteiger partial charge >= 0.3 is 0 Å². The highest BCUT2D eigenvalue weighted by Crippen LogP contribution is 2.23. The summed E-state index contributed by atoms with van der Waals surface area (Å²) < 4.78 is 0. The summed E-state index contributed by atoms with van der Waals surface area (Å²) in [5, 5.41) is 9.44. The highest BCUT2D eigenvalue weighted by atomic mass is 16.3. The zero-order valence-electron chi connectivity index (χ0n) is 16.0. The van der Waals surface area contributed by atoms with E-state index in [0.29, 0.717) is 18.7 Å². The first-order valence-electron chi connectivity index (χ1n) is 10.0. The minimum Gasteiger partial charge on any atom is -0.396 e. The molecular formula is C21H35N3O. The Bertz CT molecular complexity index is 499. The van der Waals surface area contributed by atoms with Crippen molar-refractivity contribution in [1.82, 2.24) is 14.7 Å². The number of likely N-dealkylation sites (tertiary alicyclic amines) is 1. The standard InChI is InChI=1S/C21H35N3O/c1-18(2)24-14-13-23(17-21(24)10-15-25)20-8-11-22(12-9-20)16-19-6-4-3-5-7-19/h3-7,18,20-21,25H,8-17H2,1-2H3/t21-/m1/s1. The first kappa shape index (κ1) is 18.8. The van der Waals surface area contributed by atoms with E-state index in [-0.39, 0.29) is 0 Å². The molecule has 0 saturated carbocycles. The average Bonchev–Trinajstić information content (AvgIpc) is 2.63. The van der Waals surface area contributed by atoms with Gasteiger partial charge in [0.2, 0.25) is 0 Å². The van der Waals surface area contributed by atoms with Crippen molar-refractivity contribution >= 4 is 0 Å². The maximum Gasteiger partial charge on any atom is 0.0446 e. The molecule has 4 nitrogen and oxygen atoms in total. The van der Waals surface area contributed by atoms with E-state index in [1.807, 2.05) is 0 Å². The number of hydrogen-bond donors (Lipinski definition) is 1. The van der Waals surface area contributed by atoms with Crippen LogP contribution in [0, 0.1) is 0 Å². The van der Waals surface area contributed by atoms with Crippen LogP contribution in [0.4, 0.5) is 0 Å². The van der Waals surface area contributed by atoms with Gasteiger partial charge in [-0.25, -0.2) is 0 Å². The van der Waals surface area contributed by atoms with Crippen LogP contribution >= 0.6 is 0 Å². The lowest BCUT2D eigenvalue weighted by atomic mass is 9.98. The minimum atomic E-state index is 0.303. The van der Waals surface area contributed by atoms with E-state index in [9.17, 15) is 5.11 Å². The number of benzene rings is 1. The highest BCUT2D eigenvalue weighted by Gasteiger charge is 2.33. The lowest BCUT2D eigenvalue weighted by Crippen LogP contribution is -2.59. The summed E-state index contributed by atoms with van der Waals surface area (Å²) in [6, 6.07) is 12.6. The second-order valence-electron chi connectivity index (χ2n) is 7.99. The Morgan fingerprint density at radius 3 is 2.40 bits per heavy atom. The molecule has 0 aliphatic carbocycles. The minimum absolute atomic E-state index is 0.303. The van der Waals surface area contributed by atoms with E-state index < -0.39 is 0 Å².